The summed E-state index contributed by atoms with van der Waals surface area (Å²) < 4.78 is 5.66. The van der Waals surface area contributed by atoms with Crippen LogP contribution < -0.4 is 4.74 Å². The first-order chi connectivity index (χ1) is 9.60. The van der Waals surface area contributed by atoms with Gasteiger partial charge < -0.3 is 4.74 Å². The minimum Gasteiger partial charge on any atom is -0.489 e. The fourth-order valence-corrected chi connectivity index (χ4v) is 2.07. The second kappa shape index (κ2) is 6.59. The number of nitro groups is 1. The van der Waals surface area contributed by atoms with Crippen molar-refractivity contribution in [1.82, 2.24) is 0 Å². The third kappa shape index (κ3) is 3.62. The lowest BCUT2D eigenvalue weighted by Gasteiger charge is -2.10. The minimum atomic E-state index is -0.435. The average Bonchev–Trinajstić information content (AvgIpc) is 2.46. The lowest BCUT2D eigenvalue weighted by molar-refractivity contribution is -0.384. The maximum absolute atomic E-state index is 10.6. The van der Waals surface area contributed by atoms with Crippen molar-refractivity contribution in [3.8, 4) is 5.75 Å². The smallest absolute Gasteiger partial charge is 0.269 e. The lowest BCUT2D eigenvalue weighted by Crippen LogP contribution is -1.98. The van der Waals surface area contributed by atoms with Gasteiger partial charge in [0, 0.05) is 22.7 Å². The molecule has 2 aromatic carbocycles. The first kappa shape index (κ1) is 14.6. The molecule has 104 valence electrons. The van der Waals surface area contributed by atoms with Crippen LogP contribution in [0.5, 0.6) is 5.75 Å². The van der Waals surface area contributed by atoms with E-state index < -0.39 is 4.92 Å². The molecule has 6 heteroatoms. The molecule has 0 aromatic heterocycles. The first-order valence-corrected chi connectivity index (χ1v) is 6.72. The van der Waals surface area contributed by atoms with E-state index >= 15 is 0 Å². The van der Waals surface area contributed by atoms with Gasteiger partial charge in [0.15, 0.2) is 0 Å². The maximum Gasteiger partial charge on any atom is 0.269 e. The van der Waals surface area contributed by atoms with Crippen molar-refractivity contribution in [3.63, 3.8) is 0 Å². The number of benzene rings is 2. The highest BCUT2D eigenvalue weighted by molar-refractivity contribution is 6.30. The number of ether oxygens (including phenoxy) is 1. The van der Waals surface area contributed by atoms with E-state index in [0.29, 0.717) is 23.3 Å². The van der Waals surface area contributed by atoms with Crippen LogP contribution in [0.4, 0.5) is 5.69 Å². The van der Waals surface area contributed by atoms with Crippen LogP contribution in [0.15, 0.2) is 42.5 Å². The van der Waals surface area contributed by atoms with E-state index in [1.54, 1.807) is 30.3 Å². The molecule has 0 aliphatic heterocycles. The van der Waals surface area contributed by atoms with Gasteiger partial charge in [-0.05, 0) is 35.9 Å². The van der Waals surface area contributed by atoms with Crippen molar-refractivity contribution in [3.05, 3.63) is 68.7 Å². The zero-order chi connectivity index (χ0) is 14.5. The number of nitrogens with zero attached hydrogens (tertiary/aromatic N) is 1. The van der Waals surface area contributed by atoms with Gasteiger partial charge in [-0.2, -0.15) is 0 Å². The largest absolute Gasteiger partial charge is 0.489 e. The van der Waals surface area contributed by atoms with E-state index in [4.69, 9.17) is 27.9 Å². The number of nitro benzene ring substituents is 1. The Kier molecular flexibility index (Phi) is 4.82. The Labute approximate surface area is 126 Å². The van der Waals surface area contributed by atoms with Gasteiger partial charge in [0.2, 0.25) is 0 Å². The molecule has 20 heavy (non-hydrogen) atoms. The predicted octanol–water partition coefficient (Wildman–Crippen LogP) is 4.57. The second-order valence-electron chi connectivity index (χ2n) is 4.10. The molecule has 0 amide bonds. The molecule has 0 aliphatic carbocycles. The van der Waals surface area contributed by atoms with Crippen LogP contribution in [0.25, 0.3) is 0 Å². The second-order valence-corrected chi connectivity index (χ2v) is 4.80. The van der Waals surface area contributed by atoms with E-state index in [1.807, 2.05) is 0 Å². The van der Waals surface area contributed by atoms with Crippen molar-refractivity contribution in [1.29, 1.82) is 0 Å². The highest BCUT2D eigenvalue weighted by atomic mass is 35.5. The zero-order valence-corrected chi connectivity index (χ0v) is 11.9. The third-order valence-corrected chi connectivity index (χ3v) is 3.23. The Morgan fingerprint density at radius 3 is 2.45 bits per heavy atom. The van der Waals surface area contributed by atoms with E-state index in [9.17, 15) is 10.1 Å². The highest BCUT2D eigenvalue weighted by Crippen LogP contribution is 2.25. The molecule has 0 spiro atoms. The number of rotatable bonds is 5. The topological polar surface area (TPSA) is 52.4 Å². The van der Waals surface area contributed by atoms with Crippen molar-refractivity contribution in [2.45, 2.75) is 12.5 Å². The van der Waals surface area contributed by atoms with Gasteiger partial charge in [0.1, 0.15) is 12.4 Å². The van der Waals surface area contributed by atoms with Crippen LogP contribution in [0.3, 0.4) is 0 Å². The van der Waals surface area contributed by atoms with Gasteiger partial charge in [-0.15, -0.1) is 11.6 Å². The van der Waals surface area contributed by atoms with Gasteiger partial charge in [0.25, 0.3) is 5.69 Å². The van der Waals surface area contributed by atoms with Crippen LogP contribution in [-0.4, -0.2) is 4.92 Å². The Hall–Kier alpha value is -1.78. The monoisotopic (exact) mass is 311 g/mol. The van der Waals surface area contributed by atoms with E-state index in [1.165, 1.54) is 12.1 Å². The molecule has 0 saturated carbocycles. The number of alkyl halides is 1. The Morgan fingerprint density at radius 2 is 1.85 bits per heavy atom. The molecule has 0 aliphatic rings. The van der Waals surface area contributed by atoms with Crippen molar-refractivity contribution < 1.29 is 9.66 Å². The van der Waals surface area contributed by atoms with Gasteiger partial charge >= 0.3 is 0 Å². The molecule has 4 nitrogen and oxygen atoms in total. The van der Waals surface area contributed by atoms with Gasteiger partial charge in [-0.3, -0.25) is 10.1 Å². The summed E-state index contributed by atoms with van der Waals surface area (Å²) in [5.74, 6) is 0.957. The fraction of sp³-hybridized carbons (Fsp3) is 0.143. The molecule has 0 heterocycles. The summed E-state index contributed by atoms with van der Waals surface area (Å²) in [7, 11) is 0. The predicted molar refractivity (Wildman–Crippen MR) is 78.4 cm³/mol. The summed E-state index contributed by atoms with van der Waals surface area (Å²) >= 11 is 11.7. The van der Waals surface area contributed by atoms with Crippen LogP contribution in [-0.2, 0) is 12.5 Å². The molecule has 0 bridgehead atoms. The first-order valence-electron chi connectivity index (χ1n) is 5.80. The van der Waals surface area contributed by atoms with Crippen LogP contribution in [0, 0.1) is 10.1 Å². The summed E-state index contributed by atoms with van der Waals surface area (Å²) in [5, 5.41) is 11.2. The van der Waals surface area contributed by atoms with E-state index in [2.05, 4.69) is 0 Å². The number of hydrogen-bond donors (Lipinski definition) is 0. The summed E-state index contributed by atoms with van der Waals surface area (Å²) in [5.41, 5.74) is 1.70. The Morgan fingerprint density at radius 1 is 1.15 bits per heavy atom. The summed E-state index contributed by atoms with van der Waals surface area (Å²) in [6, 6.07) is 11.4. The Bertz CT molecular complexity index is 614. The highest BCUT2D eigenvalue weighted by Gasteiger charge is 2.06. The van der Waals surface area contributed by atoms with Crippen LogP contribution >= 0.6 is 23.2 Å². The average molecular weight is 312 g/mol. The summed E-state index contributed by atoms with van der Waals surface area (Å²) in [6.07, 6.45) is 0. The maximum atomic E-state index is 10.6. The molecular formula is C14H11Cl2NO3. The van der Waals surface area contributed by atoms with Crippen molar-refractivity contribution >= 4 is 28.9 Å². The van der Waals surface area contributed by atoms with Crippen LogP contribution in [0.1, 0.15) is 11.1 Å². The number of non-ortho nitro benzene ring substituents is 1. The molecule has 2 aromatic rings. The van der Waals surface area contributed by atoms with E-state index in [0.717, 1.165) is 11.1 Å². The molecule has 2 rings (SSSR count). The zero-order valence-electron chi connectivity index (χ0n) is 10.4. The fourth-order valence-electron chi connectivity index (χ4n) is 1.67. The van der Waals surface area contributed by atoms with E-state index in [-0.39, 0.29) is 5.69 Å². The summed E-state index contributed by atoms with van der Waals surface area (Å²) in [4.78, 5) is 10.1. The van der Waals surface area contributed by atoms with Gasteiger partial charge in [-0.1, -0.05) is 11.6 Å². The molecule has 0 fully saturated rings. The third-order valence-electron chi connectivity index (χ3n) is 2.71. The summed E-state index contributed by atoms with van der Waals surface area (Å²) in [6.45, 7) is 0.309. The molecule has 0 saturated heterocycles. The lowest BCUT2D eigenvalue weighted by atomic mass is 10.2. The van der Waals surface area contributed by atoms with Crippen molar-refractivity contribution in [2.75, 3.05) is 0 Å². The standard InChI is InChI=1S/C14H11Cl2NO3/c15-8-11-7-12(16)3-6-14(11)20-9-10-1-4-13(5-2-10)17(18)19/h1-7H,8-9H2. The van der Waals surface area contributed by atoms with Crippen LogP contribution in [0.2, 0.25) is 5.02 Å². The van der Waals surface area contributed by atoms with Gasteiger partial charge in [0.05, 0.1) is 10.8 Å². The van der Waals surface area contributed by atoms with Crippen molar-refractivity contribution in [2.24, 2.45) is 0 Å². The SMILES string of the molecule is O=[N+]([O-])c1ccc(COc2ccc(Cl)cc2CCl)cc1. The minimum absolute atomic E-state index is 0.0571. The molecule has 0 unspecified atom stereocenters. The number of hydrogen-bond acceptors (Lipinski definition) is 3. The number of halogens is 2. The molecular weight excluding hydrogens is 301 g/mol. The molecule has 0 atom stereocenters. The quantitative estimate of drug-likeness (QED) is 0.462. The normalized spacial score (nSPS) is 10.3. The van der Waals surface area contributed by atoms with Gasteiger partial charge in [-0.25, -0.2) is 0 Å². The molecule has 0 radical (unpaired) electrons. The molecule has 0 N–H and O–H groups in total. The Balaban J connectivity index is 2.06.